The van der Waals surface area contributed by atoms with Crippen molar-refractivity contribution in [2.24, 2.45) is 5.73 Å². The highest BCUT2D eigenvalue weighted by Gasteiger charge is 2.40. The molecule has 0 radical (unpaired) electrons. The molecule has 148 valence electrons. The zero-order valence-corrected chi connectivity index (χ0v) is 16.6. The fraction of sp³-hybridized carbons (Fsp3) is 0.120. The predicted octanol–water partition coefficient (Wildman–Crippen LogP) is 4.17. The van der Waals surface area contributed by atoms with Crippen LogP contribution >= 0.6 is 0 Å². The Bertz CT molecular complexity index is 1290. The third-order valence-corrected chi connectivity index (χ3v) is 5.74. The lowest BCUT2D eigenvalue weighted by molar-refractivity contribution is -0.118. The molecular formula is C25H21N3O2. The van der Waals surface area contributed by atoms with Gasteiger partial charge in [0.05, 0.1) is 11.7 Å². The average molecular weight is 395 g/mol. The quantitative estimate of drug-likeness (QED) is 0.544. The predicted molar refractivity (Wildman–Crippen MR) is 117 cm³/mol. The van der Waals surface area contributed by atoms with Crippen LogP contribution in [0.2, 0.25) is 0 Å². The lowest BCUT2D eigenvalue weighted by Gasteiger charge is -2.25. The van der Waals surface area contributed by atoms with Gasteiger partial charge in [0.2, 0.25) is 5.91 Å². The minimum absolute atomic E-state index is 0.134. The highest BCUT2D eigenvalue weighted by atomic mass is 16.2. The minimum Gasteiger partial charge on any atom is -0.368 e. The van der Waals surface area contributed by atoms with Gasteiger partial charge < -0.3 is 15.6 Å². The zero-order valence-electron chi connectivity index (χ0n) is 16.6. The number of nitrogens with one attached hydrogen (secondary N) is 1. The van der Waals surface area contributed by atoms with Crippen molar-refractivity contribution in [1.82, 2.24) is 9.88 Å². The average Bonchev–Trinajstić information content (AvgIpc) is 3.24. The number of carbonyl (C=O) groups excluding carboxylic acids is 2. The lowest BCUT2D eigenvalue weighted by Crippen LogP contribution is -2.37. The van der Waals surface area contributed by atoms with Gasteiger partial charge in [0.1, 0.15) is 6.54 Å². The van der Waals surface area contributed by atoms with Crippen molar-refractivity contribution in [1.29, 1.82) is 0 Å². The molecule has 1 aliphatic rings. The third kappa shape index (κ3) is 2.78. The largest absolute Gasteiger partial charge is 0.368 e. The van der Waals surface area contributed by atoms with E-state index in [1.54, 1.807) is 4.90 Å². The molecule has 30 heavy (non-hydrogen) atoms. The monoisotopic (exact) mass is 395 g/mol. The van der Waals surface area contributed by atoms with Crippen molar-refractivity contribution >= 4 is 22.7 Å². The van der Waals surface area contributed by atoms with Crippen LogP contribution in [0.4, 0.5) is 0 Å². The van der Waals surface area contributed by atoms with E-state index in [1.165, 1.54) is 5.56 Å². The highest BCUT2D eigenvalue weighted by molar-refractivity contribution is 6.03. The van der Waals surface area contributed by atoms with Gasteiger partial charge in [0.25, 0.3) is 5.91 Å². The first kappa shape index (κ1) is 18.2. The van der Waals surface area contributed by atoms with Crippen molar-refractivity contribution in [2.75, 3.05) is 6.54 Å². The molecule has 1 aromatic heterocycles. The smallest absolute Gasteiger partial charge is 0.255 e. The molecule has 0 saturated carbocycles. The Morgan fingerprint density at radius 3 is 2.47 bits per heavy atom. The number of aromatic nitrogens is 1. The molecule has 5 heteroatoms. The first-order valence-electron chi connectivity index (χ1n) is 9.90. The summed E-state index contributed by atoms with van der Waals surface area (Å²) >= 11 is 0. The van der Waals surface area contributed by atoms with Gasteiger partial charge in [-0.05, 0) is 30.2 Å². The number of benzene rings is 3. The van der Waals surface area contributed by atoms with Gasteiger partial charge in [0.15, 0.2) is 0 Å². The number of carbonyl (C=O) groups is 2. The van der Waals surface area contributed by atoms with Gasteiger partial charge in [-0.1, -0.05) is 66.2 Å². The third-order valence-electron chi connectivity index (χ3n) is 5.74. The Morgan fingerprint density at radius 1 is 1.00 bits per heavy atom. The molecule has 0 unspecified atom stereocenters. The van der Waals surface area contributed by atoms with E-state index in [0.29, 0.717) is 5.56 Å². The highest BCUT2D eigenvalue weighted by Crippen LogP contribution is 2.45. The van der Waals surface area contributed by atoms with Gasteiger partial charge in [-0.3, -0.25) is 9.59 Å². The van der Waals surface area contributed by atoms with E-state index in [-0.39, 0.29) is 12.5 Å². The number of amides is 2. The Kier molecular flexibility index (Phi) is 4.17. The van der Waals surface area contributed by atoms with E-state index < -0.39 is 11.9 Å². The summed E-state index contributed by atoms with van der Waals surface area (Å²) in [5.74, 6) is -0.701. The molecule has 0 bridgehead atoms. The molecule has 2 amide bonds. The number of nitrogens with zero attached hydrogens (tertiary/aromatic N) is 1. The number of H-pyrrole nitrogens is 1. The van der Waals surface area contributed by atoms with Gasteiger partial charge in [-0.25, -0.2) is 0 Å². The zero-order chi connectivity index (χ0) is 20.8. The van der Waals surface area contributed by atoms with E-state index in [1.807, 2.05) is 48.5 Å². The number of nitrogens with two attached hydrogens (primary N) is 1. The SMILES string of the molecule is Cc1ccc(-c2[nH]c3ccccc3c2[C@H]2c3ccccc3C(=O)N2CC(N)=O)cc1. The summed E-state index contributed by atoms with van der Waals surface area (Å²) in [5, 5.41) is 1.03. The van der Waals surface area contributed by atoms with Crippen LogP contribution in [-0.4, -0.2) is 28.2 Å². The number of fused-ring (bicyclic) bond motifs is 2. The Balaban J connectivity index is 1.80. The molecule has 3 N–H and O–H groups in total. The lowest BCUT2D eigenvalue weighted by atomic mass is 9.93. The van der Waals surface area contributed by atoms with Crippen molar-refractivity contribution < 1.29 is 9.59 Å². The Morgan fingerprint density at radius 2 is 1.70 bits per heavy atom. The van der Waals surface area contributed by atoms with Crippen LogP contribution in [0.1, 0.15) is 33.1 Å². The maximum absolute atomic E-state index is 13.2. The van der Waals surface area contributed by atoms with Crippen molar-refractivity contribution in [3.63, 3.8) is 0 Å². The second-order valence-corrected chi connectivity index (χ2v) is 7.71. The molecule has 4 aromatic rings. The first-order valence-corrected chi connectivity index (χ1v) is 9.90. The molecule has 0 spiro atoms. The summed E-state index contributed by atoms with van der Waals surface area (Å²) in [6.45, 7) is 1.92. The summed E-state index contributed by atoms with van der Waals surface area (Å²) in [6, 6.07) is 23.5. The summed E-state index contributed by atoms with van der Waals surface area (Å²) in [5.41, 5.74) is 12.1. The fourth-order valence-electron chi connectivity index (χ4n) is 4.41. The molecule has 0 fully saturated rings. The second-order valence-electron chi connectivity index (χ2n) is 7.71. The van der Waals surface area contributed by atoms with Crippen LogP contribution in [0.15, 0.2) is 72.8 Å². The number of hydrogen-bond donors (Lipinski definition) is 2. The van der Waals surface area contributed by atoms with E-state index in [9.17, 15) is 9.59 Å². The van der Waals surface area contributed by atoms with Crippen LogP contribution in [0.3, 0.4) is 0 Å². The standard InChI is InChI=1S/C25H21N3O2/c1-15-10-12-16(13-11-15)23-22(19-8-4-5-9-20(19)27-23)24-17-6-2-3-7-18(17)25(30)28(24)14-21(26)29/h2-13,24,27H,14H2,1H3,(H2,26,29)/t24-/m1/s1. The molecule has 1 aliphatic heterocycles. The molecule has 2 heterocycles. The molecule has 5 nitrogen and oxygen atoms in total. The molecule has 0 saturated heterocycles. The fourth-order valence-corrected chi connectivity index (χ4v) is 4.41. The summed E-state index contributed by atoms with van der Waals surface area (Å²) in [6.07, 6.45) is 0. The van der Waals surface area contributed by atoms with Gasteiger partial charge in [0, 0.05) is 22.0 Å². The molecule has 5 rings (SSSR count). The van der Waals surface area contributed by atoms with E-state index in [4.69, 9.17) is 5.73 Å². The van der Waals surface area contributed by atoms with Crippen LogP contribution in [0.5, 0.6) is 0 Å². The van der Waals surface area contributed by atoms with Crippen LogP contribution in [-0.2, 0) is 4.79 Å². The summed E-state index contributed by atoms with van der Waals surface area (Å²) in [7, 11) is 0. The van der Waals surface area contributed by atoms with Crippen molar-refractivity contribution in [3.8, 4) is 11.3 Å². The number of aromatic amines is 1. The number of rotatable bonds is 4. The van der Waals surface area contributed by atoms with E-state index in [0.717, 1.165) is 33.3 Å². The van der Waals surface area contributed by atoms with Gasteiger partial charge in [-0.15, -0.1) is 0 Å². The molecule has 1 atom stereocenters. The van der Waals surface area contributed by atoms with E-state index >= 15 is 0 Å². The Labute approximate surface area is 174 Å². The minimum atomic E-state index is -0.530. The maximum Gasteiger partial charge on any atom is 0.255 e. The molecule has 0 aliphatic carbocycles. The normalized spacial score (nSPS) is 15.6. The van der Waals surface area contributed by atoms with Crippen LogP contribution < -0.4 is 5.73 Å². The summed E-state index contributed by atoms with van der Waals surface area (Å²) in [4.78, 5) is 30.1. The van der Waals surface area contributed by atoms with Gasteiger partial charge in [-0.2, -0.15) is 0 Å². The maximum atomic E-state index is 13.2. The van der Waals surface area contributed by atoms with Crippen LogP contribution in [0.25, 0.3) is 22.2 Å². The first-order chi connectivity index (χ1) is 14.5. The second kappa shape index (κ2) is 6.88. The van der Waals surface area contributed by atoms with Crippen LogP contribution in [0, 0.1) is 6.92 Å². The Hall–Kier alpha value is -3.86. The number of aryl methyl sites for hydroxylation is 1. The molecule has 3 aromatic carbocycles. The van der Waals surface area contributed by atoms with E-state index in [2.05, 4.69) is 36.2 Å². The van der Waals surface area contributed by atoms with Crippen molar-refractivity contribution in [3.05, 3.63) is 95.1 Å². The van der Waals surface area contributed by atoms with Gasteiger partial charge >= 0.3 is 0 Å². The summed E-state index contributed by atoms with van der Waals surface area (Å²) < 4.78 is 0. The topological polar surface area (TPSA) is 79.2 Å². The molecular weight excluding hydrogens is 374 g/mol. The number of primary amides is 1. The number of hydrogen-bond acceptors (Lipinski definition) is 2. The number of para-hydroxylation sites is 1. The van der Waals surface area contributed by atoms with Crippen molar-refractivity contribution in [2.45, 2.75) is 13.0 Å².